The molecule has 20 heavy (non-hydrogen) atoms. The van der Waals surface area contributed by atoms with Crippen LogP contribution in [0.4, 0.5) is 0 Å². The summed E-state index contributed by atoms with van der Waals surface area (Å²) < 4.78 is 5.27. The molecule has 0 aromatic heterocycles. The Morgan fingerprint density at radius 3 is 2.55 bits per heavy atom. The van der Waals surface area contributed by atoms with Crippen molar-refractivity contribution in [3.63, 3.8) is 0 Å². The molecule has 1 heterocycles. The summed E-state index contributed by atoms with van der Waals surface area (Å²) in [6.45, 7) is 2.50. The number of hydrogen-bond acceptors (Lipinski definition) is 0. The standard InChI is InChI=1S/C9H7.C5H5.C3H6.2ClH.Zr/c1-2-5-9-7-3-6-8(9)4-1;1-2-4-5-3-1;1-3-2;;;/h1-7H;1-3H,4H2;3H,1H2,2H3;2*1H;. The van der Waals surface area contributed by atoms with E-state index in [1.807, 2.05) is 3.28 Å². The van der Waals surface area contributed by atoms with E-state index >= 15 is 0 Å². The van der Waals surface area contributed by atoms with Gasteiger partial charge in [0.2, 0.25) is 0 Å². The van der Waals surface area contributed by atoms with Gasteiger partial charge in [0.1, 0.15) is 0 Å². The van der Waals surface area contributed by atoms with Gasteiger partial charge in [-0.3, -0.25) is 0 Å². The van der Waals surface area contributed by atoms with Gasteiger partial charge in [-0.25, -0.2) is 0 Å². The zero-order chi connectivity index (χ0) is 12.2. The fourth-order valence-electron chi connectivity index (χ4n) is 4.02. The minimum atomic E-state index is -2.08. The molecule has 3 unspecified atom stereocenters. The molecule has 1 aliphatic heterocycles. The van der Waals surface area contributed by atoms with Crippen LogP contribution in [-0.2, 0) is 20.3 Å². The van der Waals surface area contributed by atoms with Crippen molar-refractivity contribution in [3.05, 3.63) is 63.0 Å². The van der Waals surface area contributed by atoms with Crippen LogP contribution in [0.25, 0.3) is 6.08 Å². The van der Waals surface area contributed by atoms with E-state index in [-0.39, 0.29) is 24.8 Å². The van der Waals surface area contributed by atoms with Gasteiger partial charge in [0.05, 0.1) is 0 Å². The van der Waals surface area contributed by atoms with E-state index in [1.54, 1.807) is 9.69 Å². The second-order valence-electron chi connectivity index (χ2n) is 5.94. The van der Waals surface area contributed by atoms with Crippen molar-refractivity contribution in [2.75, 3.05) is 0 Å². The zero-order valence-corrected chi connectivity index (χ0v) is 15.7. The van der Waals surface area contributed by atoms with Crippen molar-refractivity contribution in [3.8, 4) is 0 Å². The summed E-state index contributed by atoms with van der Waals surface area (Å²) in [4.78, 5) is 0. The number of fused-ring (bicyclic) bond motifs is 1. The van der Waals surface area contributed by atoms with Crippen LogP contribution >= 0.6 is 24.8 Å². The number of halogens is 2. The predicted octanol–water partition coefficient (Wildman–Crippen LogP) is 5.84. The summed E-state index contributed by atoms with van der Waals surface area (Å²) >= 11 is -2.08. The van der Waals surface area contributed by atoms with Crippen LogP contribution in [-0.4, -0.2) is 0 Å². The summed E-state index contributed by atoms with van der Waals surface area (Å²) in [5.41, 5.74) is 3.11. The maximum atomic E-state index is 2.53. The van der Waals surface area contributed by atoms with E-state index in [0.29, 0.717) is 0 Å². The summed E-state index contributed by atoms with van der Waals surface area (Å²) in [7, 11) is 0. The molecule has 3 atom stereocenters. The minimum absolute atomic E-state index is 0. The minimum Gasteiger partial charge on any atom is -0.147 e. The van der Waals surface area contributed by atoms with Crippen molar-refractivity contribution < 1.29 is 20.3 Å². The fraction of sp³-hybridized carbons (Fsp3) is 0.294. The van der Waals surface area contributed by atoms with Gasteiger partial charge in [-0.15, -0.1) is 24.8 Å². The molecule has 3 aliphatic rings. The smallest absolute Gasteiger partial charge is 0.147 e. The molecule has 106 valence electrons. The van der Waals surface area contributed by atoms with Gasteiger partial charge in [-0.05, 0) is 0 Å². The molecule has 4 rings (SSSR count). The Balaban J connectivity index is 0.000000735. The van der Waals surface area contributed by atoms with Crippen LogP contribution < -0.4 is 0 Å². The molecular formula is C17H20Cl2Zr. The van der Waals surface area contributed by atoms with Gasteiger partial charge in [0.15, 0.2) is 0 Å². The molecule has 3 heteroatoms. The first kappa shape index (κ1) is 16.3. The van der Waals surface area contributed by atoms with Crippen molar-refractivity contribution in [1.29, 1.82) is 0 Å². The summed E-state index contributed by atoms with van der Waals surface area (Å²) in [6, 6.07) is 9.03. The molecule has 0 N–H and O–H groups in total. The van der Waals surface area contributed by atoms with Crippen molar-refractivity contribution in [1.82, 2.24) is 0 Å². The molecular weight excluding hydrogens is 366 g/mol. The molecule has 1 aromatic carbocycles. The molecule has 0 radical (unpaired) electrons. The van der Waals surface area contributed by atoms with E-state index in [9.17, 15) is 0 Å². The van der Waals surface area contributed by atoms with Crippen molar-refractivity contribution in [2.45, 2.75) is 24.7 Å². The second-order valence-corrected chi connectivity index (χ2v) is 17.6. The van der Waals surface area contributed by atoms with Gasteiger partial charge in [0, 0.05) is 0 Å². The topological polar surface area (TPSA) is 0 Å². The molecule has 0 nitrogen and oxygen atoms in total. The first-order chi connectivity index (χ1) is 8.82. The van der Waals surface area contributed by atoms with E-state index in [2.05, 4.69) is 61.6 Å². The van der Waals surface area contributed by atoms with Crippen LogP contribution in [0.1, 0.15) is 28.1 Å². The van der Waals surface area contributed by atoms with Gasteiger partial charge < -0.3 is 0 Å². The molecule has 0 saturated carbocycles. The molecule has 1 fully saturated rings. The predicted molar refractivity (Wildman–Crippen MR) is 88.8 cm³/mol. The van der Waals surface area contributed by atoms with Gasteiger partial charge in [-0.2, -0.15) is 0 Å². The molecule has 0 amide bonds. The third-order valence-electron chi connectivity index (χ3n) is 5.09. The van der Waals surface area contributed by atoms with E-state index in [1.165, 1.54) is 12.0 Å². The van der Waals surface area contributed by atoms with Crippen LogP contribution in [0.2, 0.25) is 7.75 Å². The first-order valence-electron chi connectivity index (χ1n) is 6.96. The van der Waals surface area contributed by atoms with E-state index < -0.39 is 20.3 Å². The van der Waals surface area contributed by atoms with Gasteiger partial charge in [0.25, 0.3) is 0 Å². The molecule has 1 saturated heterocycles. The number of hydrogen-bond donors (Lipinski definition) is 0. The SMILES string of the molecule is C[CH]1[CH2][Zr]1([C]1=CC=CC1)[CH]1C=Cc2ccccc21.Cl.Cl. The Morgan fingerprint density at radius 1 is 1.15 bits per heavy atom. The van der Waals surface area contributed by atoms with E-state index in [0.717, 1.165) is 7.25 Å². The molecule has 2 aliphatic carbocycles. The average Bonchev–Trinajstić information content (AvgIpc) is 2.86. The number of benzene rings is 1. The molecule has 0 bridgehead atoms. The monoisotopic (exact) mass is 384 g/mol. The van der Waals surface area contributed by atoms with Gasteiger partial charge in [-0.1, -0.05) is 0 Å². The Kier molecular flexibility index (Phi) is 4.84. The fourth-order valence-corrected chi connectivity index (χ4v) is 20.0. The van der Waals surface area contributed by atoms with Crippen LogP contribution in [0.15, 0.2) is 51.9 Å². The van der Waals surface area contributed by atoms with Gasteiger partial charge >= 0.3 is 114 Å². The Morgan fingerprint density at radius 2 is 1.90 bits per heavy atom. The zero-order valence-electron chi connectivity index (χ0n) is 11.6. The summed E-state index contributed by atoms with van der Waals surface area (Å²) in [6.07, 6.45) is 13.2. The summed E-state index contributed by atoms with van der Waals surface area (Å²) in [5, 5.41) is 0. The number of allylic oxidation sites excluding steroid dienone is 5. The Bertz CT molecular complexity index is 603. The second kappa shape index (κ2) is 5.95. The Labute approximate surface area is 138 Å². The van der Waals surface area contributed by atoms with Crippen LogP contribution in [0, 0.1) is 0 Å². The quantitative estimate of drug-likeness (QED) is 0.599. The van der Waals surface area contributed by atoms with Crippen LogP contribution in [0.5, 0.6) is 0 Å². The Hall–Kier alpha value is -0.0969. The third-order valence-corrected chi connectivity index (χ3v) is 19.6. The maximum absolute atomic E-state index is 2.53. The molecule has 1 aromatic rings. The third kappa shape index (κ3) is 2.23. The summed E-state index contributed by atoms with van der Waals surface area (Å²) in [5.74, 6) is 0. The van der Waals surface area contributed by atoms with E-state index in [4.69, 9.17) is 0 Å². The molecule has 0 spiro atoms. The largest absolute Gasteiger partial charge is 0.147 e. The van der Waals surface area contributed by atoms with Crippen LogP contribution in [0.3, 0.4) is 0 Å². The normalized spacial score (nSPS) is 32.1. The van der Waals surface area contributed by atoms with Crippen molar-refractivity contribution >= 4 is 30.9 Å². The van der Waals surface area contributed by atoms with Crippen molar-refractivity contribution in [2.24, 2.45) is 0 Å². The first-order valence-corrected chi connectivity index (χ1v) is 12.8. The maximum Gasteiger partial charge on any atom is -0.147 e. The average molecular weight is 386 g/mol. The number of rotatable bonds is 2.